The van der Waals surface area contributed by atoms with Gasteiger partial charge in [-0.15, -0.1) is 0 Å². The van der Waals surface area contributed by atoms with E-state index in [2.05, 4.69) is 4.98 Å². The highest BCUT2D eigenvalue weighted by atomic mass is 16.2. The number of rotatable bonds is 3. The zero-order valence-corrected chi connectivity index (χ0v) is 17.6. The molecule has 3 heterocycles. The minimum atomic E-state index is -0.158. The topological polar surface area (TPSA) is 86.4 Å². The van der Waals surface area contributed by atoms with E-state index >= 15 is 0 Å². The predicted molar refractivity (Wildman–Crippen MR) is 109 cm³/mol. The average Bonchev–Trinajstić information content (AvgIpc) is 3.27. The number of hydrogen-bond donors (Lipinski definition) is 1. The van der Waals surface area contributed by atoms with Crippen LogP contribution in [0.25, 0.3) is 0 Å². The smallest absolute Gasteiger partial charge is 0.256 e. The van der Waals surface area contributed by atoms with Crippen molar-refractivity contribution in [3.05, 3.63) is 27.4 Å². The number of nitrogens with one attached hydrogen (secondary N) is 1. The number of amides is 2. The fourth-order valence-corrected chi connectivity index (χ4v) is 5.03. The monoisotopic (exact) mass is 400 g/mol. The number of H-pyrrole nitrogens is 1. The summed E-state index contributed by atoms with van der Waals surface area (Å²) in [6.07, 6.45) is 7.63. The average molecular weight is 401 g/mol. The molecule has 3 aliphatic rings. The molecule has 158 valence electrons. The minimum absolute atomic E-state index is 0.0740. The molecule has 1 saturated heterocycles. The van der Waals surface area contributed by atoms with Gasteiger partial charge < -0.3 is 14.8 Å². The van der Waals surface area contributed by atoms with Gasteiger partial charge in [-0.2, -0.15) is 0 Å². The molecule has 7 nitrogen and oxygen atoms in total. The van der Waals surface area contributed by atoms with E-state index in [4.69, 9.17) is 4.98 Å². The summed E-state index contributed by atoms with van der Waals surface area (Å²) in [5, 5.41) is 0. The SMILES string of the molecule is CC(C)C(=O)N1CCCC[C@H]1c1nc2c(c(=O)[nH]1)CN(C(=O)C1CCCC1)CC2. The van der Waals surface area contributed by atoms with E-state index in [0.717, 1.165) is 50.6 Å². The number of aromatic amines is 1. The van der Waals surface area contributed by atoms with Gasteiger partial charge in [0.1, 0.15) is 5.82 Å². The zero-order chi connectivity index (χ0) is 20.5. The van der Waals surface area contributed by atoms with Gasteiger partial charge in [-0.25, -0.2) is 4.98 Å². The maximum absolute atomic E-state index is 12.9. The third-order valence-corrected chi connectivity index (χ3v) is 6.70. The Morgan fingerprint density at radius 1 is 1.07 bits per heavy atom. The number of nitrogens with zero attached hydrogens (tertiary/aromatic N) is 3. The third-order valence-electron chi connectivity index (χ3n) is 6.70. The van der Waals surface area contributed by atoms with Crippen molar-refractivity contribution in [3.8, 4) is 0 Å². The second kappa shape index (κ2) is 8.28. The van der Waals surface area contributed by atoms with Crippen LogP contribution in [-0.2, 0) is 22.6 Å². The van der Waals surface area contributed by atoms with Crippen LogP contribution >= 0.6 is 0 Å². The van der Waals surface area contributed by atoms with Crippen molar-refractivity contribution < 1.29 is 9.59 Å². The fraction of sp³-hybridized carbons (Fsp3) is 0.727. The van der Waals surface area contributed by atoms with Gasteiger partial charge in [0.05, 0.1) is 23.8 Å². The highest BCUT2D eigenvalue weighted by Gasteiger charge is 2.34. The Balaban J connectivity index is 1.56. The van der Waals surface area contributed by atoms with E-state index in [1.54, 1.807) is 0 Å². The fourth-order valence-electron chi connectivity index (χ4n) is 5.03. The van der Waals surface area contributed by atoms with Crippen molar-refractivity contribution in [2.24, 2.45) is 11.8 Å². The lowest BCUT2D eigenvalue weighted by molar-refractivity contribution is -0.139. The Kier molecular flexibility index (Phi) is 5.74. The van der Waals surface area contributed by atoms with Crippen LogP contribution in [-0.4, -0.2) is 44.7 Å². The first-order chi connectivity index (χ1) is 14.0. The largest absolute Gasteiger partial charge is 0.337 e. The van der Waals surface area contributed by atoms with E-state index in [1.165, 1.54) is 0 Å². The molecule has 29 heavy (non-hydrogen) atoms. The number of carbonyl (C=O) groups excluding carboxylic acids is 2. The summed E-state index contributed by atoms with van der Waals surface area (Å²) in [5.74, 6) is 0.967. The van der Waals surface area contributed by atoms with Crippen LogP contribution in [0.2, 0.25) is 0 Å². The Hall–Kier alpha value is -2.18. The summed E-state index contributed by atoms with van der Waals surface area (Å²) in [6, 6.07) is -0.158. The number of likely N-dealkylation sites (tertiary alicyclic amines) is 1. The van der Waals surface area contributed by atoms with Crippen molar-refractivity contribution in [2.75, 3.05) is 13.1 Å². The van der Waals surface area contributed by atoms with Crippen molar-refractivity contribution in [3.63, 3.8) is 0 Å². The molecule has 0 bridgehead atoms. The highest BCUT2D eigenvalue weighted by molar-refractivity contribution is 5.79. The van der Waals surface area contributed by atoms with Gasteiger partial charge in [-0.3, -0.25) is 14.4 Å². The molecule has 0 radical (unpaired) electrons. The molecule has 2 amide bonds. The van der Waals surface area contributed by atoms with Gasteiger partial charge in [0, 0.05) is 31.3 Å². The summed E-state index contributed by atoms with van der Waals surface area (Å²) in [7, 11) is 0. The molecule has 1 atom stereocenters. The molecule has 4 rings (SSSR count). The van der Waals surface area contributed by atoms with E-state index in [0.29, 0.717) is 37.4 Å². The molecule has 0 spiro atoms. The number of hydrogen-bond acceptors (Lipinski definition) is 4. The van der Waals surface area contributed by atoms with E-state index in [9.17, 15) is 14.4 Å². The highest BCUT2D eigenvalue weighted by Crippen LogP contribution is 2.31. The lowest BCUT2D eigenvalue weighted by Crippen LogP contribution is -2.44. The number of aromatic nitrogens is 2. The first-order valence-electron chi connectivity index (χ1n) is 11.2. The van der Waals surface area contributed by atoms with Crippen molar-refractivity contribution in [2.45, 2.75) is 77.8 Å². The second-order valence-corrected chi connectivity index (χ2v) is 9.07. The van der Waals surface area contributed by atoms with Crippen LogP contribution < -0.4 is 5.56 Å². The molecular formula is C22H32N4O3. The molecule has 2 aliphatic heterocycles. The molecule has 1 N–H and O–H groups in total. The minimum Gasteiger partial charge on any atom is -0.337 e. The Morgan fingerprint density at radius 3 is 2.52 bits per heavy atom. The first kappa shape index (κ1) is 20.1. The summed E-state index contributed by atoms with van der Waals surface area (Å²) < 4.78 is 0. The predicted octanol–water partition coefficient (Wildman–Crippen LogP) is 2.55. The molecular weight excluding hydrogens is 368 g/mol. The normalized spacial score (nSPS) is 22.8. The Morgan fingerprint density at radius 2 is 1.79 bits per heavy atom. The van der Waals surface area contributed by atoms with Crippen LogP contribution in [0.4, 0.5) is 0 Å². The van der Waals surface area contributed by atoms with Crippen LogP contribution in [0.5, 0.6) is 0 Å². The van der Waals surface area contributed by atoms with Crippen molar-refractivity contribution >= 4 is 11.8 Å². The van der Waals surface area contributed by atoms with Crippen molar-refractivity contribution in [1.82, 2.24) is 19.8 Å². The Bertz CT molecular complexity index is 841. The van der Waals surface area contributed by atoms with E-state index < -0.39 is 0 Å². The molecule has 1 aromatic rings. The standard InChI is InChI=1S/C22H32N4O3/c1-14(2)21(28)26-11-6-5-9-18(26)19-23-17-10-12-25(13-16(17)20(27)24-19)22(29)15-7-3-4-8-15/h14-15,18H,3-13H2,1-2H3,(H,23,24,27)/t18-/m0/s1. The molecule has 0 aromatic carbocycles. The summed E-state index contributed by atoms with van der Waals surface area (Å²) in [4.78, 5) is 49.8. The number of carbonyl (C=O) groups is 2. The van der Waals surface area contributed by atoms with Crippen LogP contribution in [0.1, 0.15) is 81.9 Å². The van der Waals surface area contributed by atoms with Gasteiger partial charge in [-0.05, 0) is 32.1 Å². The van der Waals surface area contributed by atoms with E-state index in [1.807, 2.05) is 23.6 Å². The summed E-state index contributed by atoms with van der Waals surface area (Å²) >= 11 is 0. The molecule has 2 fully saturated rings. The van der Waals surface area contributed by atoms with E-state index in [-0.39, 0.29) is 35.3 Å². The third kappa shape index (κ3) is 3.96. The summed E-state index contributed by atoms with van der Waals surface area (Å²) in [6.45, 7) is 5.51. The molecule has 1 aliphatic carbocycles. The quantitative estimate of drug-likeness (QED) is 0.845. The lowest BCUT2D eigenvalue weighted by Gasteiger charge is -2.37. The number of piperidine rings is 1. The van der Waals surface area contributed by atoms with Gasteiger partial charge in [-0.1, -0.05) is 26.7 Å². The zero-order valence-electron chi connectivity index (χ0n) is 17.6. The maximum Gasteiger partial charge on any atom is 0.256 e. The van der Waals surface area contributed by atoms with Crippen molar-refractivity contribution in [1.29, 1.82) is 0 Å². The molecule has 7 heteroatoms. The van der Waals surface area contributed by atoms with Crippen LogP contribution in [0.3, 0.4) is 0 Å². The second-order valence-electron chi connectivity index (χ2n) is 9.07. The molecule has 1 aromatic heterocycles. The van der Waals surface area contributed by atoms with Gasteiger partial charge in [0.2, 0.25) is 11.8 Å². The van der Waals surface area contributed by atoms with Gasteiger partial charge in [0.25, 0.3) is 5.56 Å². The molecule has 1 saturated carbocycles. The number of fused-ring (bicyclic) bond motifs is 1. The van der Waals surface area contributed by atoms with Crippen LogP contribution in [0.15, 0.2) is 4.79 Å². The van der Waals surface area contributed by atoms with Gasteiger partial charge >= 0.3 is 0 Å². The first-order valence-corrected chi connectivity index (χ1v) is 11.2. The summed E-state index contributed by atoms with van der Waals surface area (Å²) in [5.41, 5.74) is 1.25. The van der Waals surface area contributed by atoms with Crippen LogP contribution in [0, 0.1) is 11.8 Å². The molecule has 0 unspecified atom stereocenters. The Labute approximate surface area is 171 Å². The lowest BCUT2D eigenvalue weighted by atomic mass is 9.98. The maximum atomic E-state index is 12.9. The van der Waals surface area contributed by atoms with Gasteiger partial charge in [0.15, 0.2) is 0 Å².